The molecule has 0 radical (unpaired) electrons. The van der Waals surface area contributed by atoms with Crippen molar-refractivity contribution in [3.63, 3.8) is 0 Å². The van der Waals surface area contributed by atoms with Crippen LogP contribution in [-0.4, -0.2) is 25.9 Å². The standard InChI is InChI=1S/C30H25NO4.C15H15NO2/c1-2-33-19-15-16-25-28(17-19)35-27-14-8-7-13-24(27)29(25)31-30(32)34-18-26-22-11-5-3-9-20(22)21-10-4-6-12-23(21)26;1-2-17-10-7-8-12-14(9-10)18-13-6-4-3-5-11(13)15(12)16/h3-17,26,29H,2,18H2,1H3,(H,31,32);3-9,15H,2,16H2,1H3/p-1. The van der Waals surface area contributed by atoms with Crippen LogP contribution < -0.4 is 29.8 Å². The second-order valence-electron chi connectivity index (χ2n) is 12.9. The van der Waals surface area contributed by atoms with E-state index in [1.165, 1.54) is 22.3 Å². The van der Waals surface area contributed by atoms with Gasteiger partial charge in [-0.15, -0.1) is 0 Å². The summed E-state index contributed by atoms with van der Waals surface area (Å²) in [5, 5.41) is 13.0. The SMILES string of the molecule is CCOc1ccc2c(c1)Oc1ccccc1C2N.CCOc1ccc2c(c1)Oc1ccccc1C2N=C([O-])OCC1c2ccccc2-c2ccccc21. The number of nitrogens with two attached hydrogens (primary N) is 1. The zero-order valence-electron chi connectivity index (χ0n) is 29.5. The van der Waals surface area contributed by atoms with E-state index in [0.29, 0.717) is 30.5 Å². The molecule has 0 amide bonds. The molecule has 6 aromatic rings. The van der Waals surface area contributed by atoms with E-state index in [4.69, 9.17) is 29.4 Å². The first-order chi connectivity index (χ1) is 26.0. The summed E-state index contributed by atoms with van der Waals surface area (Å²) in [7, 11) is 0. The second-order valence-corrected chi connectivity index (χ2v) is 12.9. The molecular weight excluding hydrogens is 665 g/mol. The van der Waals surface area contributed by atoms with Crippen molar-refractivity contribution < 1.29 is 28.8 Å². The van der Waals surface area contributed by atoms with E-state index < -0.39 is 12.1 Å². The van der Waals surface area contributed by atoms with E-state index in [9.17, 15) is 5.11 Å². The fourth-order valence-electron chi connectivity index (χ4n) is 7.28. The Morgan fingerprint density at radius 2 is 1.04 bits per heavy atom. The van der Waals surface area contributed by atoms with Crippen LogP contribution in [0.3, 0.4) is 0 Å². The predicted octanol–water partition coefficient (Wildman–Crippen LogP) is 9.06. The predicted molar refractivity (Wildman–Crippen MR) is 203 cm³/mol. The molecule has 0 saturated heterocycles. The van der Waals surface area contributed by atoms with Crippen LogP contribution in [0.2, 0.25) is 0 Å². The summed E-state index contributed by atoms with van der Waals surface area (Å²) in [5.74, 6) is 4.43. The van der Waals surface area contributed by atoms with Gasteiger partial charge in [0.1, 0.15) is 46.6 Å². The molecule has 9 rings (SSSR count). The molecule has 3 aliphatic rings. The largest absolute Gasteiger partial charge is 0.599 e. The first-order valence-corrected chi connectivity index (χ1v) is 17.9. The van der Waals surface area contributed by atoms with Crippen molar-refractivity contribution in [3.8, 4) is 45.6 Å². The Bertz CT molecular complexity index is 2260. The van der Waals surface area contributed by atoms with Gasteiger partial charge in [0.25, 0.3) is 0 Å². The van der Waals surface area contributed by atoms with Crippen molar-refractivity contribution in [2.24, 2.45) is 10.7 Å². The lowest BCUT2D eigenvalue weighted by Crippen LogP contribution is -2.25. The molecule has 2 heterocycles. The lowest BCUT2D eigenvalue weighted by molar-refractivity contribution is -0.251. The fourth-order valence-corrected chi connectivity index (χ4v) is 7.28. The fraction of sp³-hybridized carbons (Fsp3) is 0.178. The molecule has 1 aliphatic carbocycles. The van der Waals surface area contributed by atoms with Gasteiger partial charge in [0.05, 0.1) is 19.3 Å². The molecule has 0 bridgehead atoms. The first-order valence-electron chi connectivity index (χ1n) is 17.9. The average molecular weight is 704 g/mol. The molecule has 2 aliphatic heterocycles. The van der Waals surface area contributed by atoms with Crippen molar-refractivity contribution in [1.82, 2.24) is 0 Å². The van der Waals surface area contributed by atoms with Gasteiger partial charge < -0.3 is 34.5 Å². The Hall–Kier alpha value is -6.25. The van der Waals surface area contributed by atoms with Crippen LogP contribution in [0.5, 0.6) is 34.5 Å². The van der Waals surface area contributed by atoms with Crippen LogP contribution in [0.25, 0.3) is 11.1 Å². The molecule has 2 atom stereocenters. The maximum atomic E-state index is 13.0. The van der Waals surface area contributed by atoms with Gasteiger partial charge in [-0.3, -0.25) is 4.99 Å². The molecule has 2 N–H and O–H groups in total. The second kappa shape index (κ2) is 14.8. The number of hydrogen-bond donors (Lipinski definition) is 1. The third kappa shape index (κ3) is 6.65. The first kappa shape index (κ1) is 33.9. The third-order valence-electron chi connectivity index (χ3n) is 9.70. The van der Waals surface area contributed by atoms with Crippen LogP contribution >= 0.6 is 0 Å². The number of aliphatic imine (C=N–C) groups is 1. The molecule has 0 aromatic heterocycles. The molecular formula is C45H39N2O6-. The Morgan fingerprint density at radius 1 is 0.585 bits per heavy atom. The van der Waals surface area contributed by atoms with Crippen LogP contribution in [0.15, 0.2) is 138 Å². The van der Waals surface area contributed by atoms with E-state index in [1.807, 2.05) is 123 Å². The Labute approximate surface area is 309 Å². The zero-order chi connectivity index (χ0) is 36.3. The number of rotatable bonds is 7. The molecule has 0 fully saturated rings. The van der Waals surface area contributed by atoms with Gasteiger partial charge in [-0.05, 0) is 72.5 Å². The van der Waals surface area contributed by atoms with E-state index in [2.05, 4.69) is 29.3 Å². The number of para-hydroxylation sites is 2. The molecule has 8 heteroatoms. The topological polar surface area (TPSA) is 108 Å². The Balaban J connectivity index is 0.000000186. The summed E-state index contributed by atoms with van der Waals surface area (Å²) < 4.78 is 28.8. The minimum Gasteiger partial charge on any atom is -0.599 e. The number of hydrogen-bond acceptors (Lipinski definition) is 8. The van der Waals surface area contributed by atoms with E-state index in [1.54, 1.807) is 0 Å². The van der Waals surface area contributed by atoms with Crippen molar-refractivity contribution in [2.75, 3.05) is 19.8 Å². The van der Waals surface area contributed by atoms with Gasteiger partial charge in [0.15, 0.2) is 0 Å². The quantitative estimate of drug-likeness (QED) is 0.131. The van der Waals surface area contributed by atoms with Crippen LogP contribution in [-0.2, 0) is 4.74 Å². The summed E-state index contributed by atoms with van der Waals surface area (Å²) in [4.78, 5) is 4.49. The zero-order valence-corrected chi connectivity index (χ0v) is 29.5. The van der Waals surface area contributed by atoms with E-state index >= 15 is 0 Å². The normalized spacial score (nSPS) is 16.1. The Morgan fingerprint density at radius 3 is 1.64 bits per heavy atom. The van der Waals surface area contributed by atoms with Gasteiger partial charge in [0, 0.05) is 46.9 Å². The maximum Gasteiger partial charge on any atom is 0.146 e. The lowest BCUT2D eigenvalue weighted by atomic mass is 9.95. The van der Waals surface area contributed by atoms with Gasteiger partial charge in [-0.25, -0.2) is 0 Å². The number of benzene rings is 6. The van der Waals surface area contributed by atoms with Crippen molar-refractivity contribution in [2.45, 2.75) is 31.8 Å². The summed E-state index contributed by atoms with van der Waals surface area (Å²) in [6.07, 6.45) is -0.589. The van der Waals surface area contributed by atoms with Crippen molar-refractivity contribution in [1.29, 1.82) is 0 Å². The van der Waals surface area contributed by atoms with E-state index in [-0.39, 0.29) is 18.6 Å². The molecule has 0 spiro atoms. The monoisotopic (exact) mass is 703 g/mol. The minimum atomic E-state index is -0.589. The van der Waals surface area contributed by atoms with Gasteiger partial charge >= 0.3 is 0 Å². The molecule has 8 nitrogen and oxygen atoms in total. The van der Waals surface area contributed by atoms with Crippen LogP contribution in [0.4, 0.5) is 0 Å². The van der Waals surface area contributed by atoms with Crippen molar-refractivity contribution >= 4 is 6.08 Å². The highest BCUT2D eigenvalue weighted by Crippen LogP contribution is 2.47. The number of ether oxygens (including phenoxy) is 5. The number of nitrogens with zero attached hydrogens (tertiary/aromatic N) is 1. The summed E-state index contributed by atoms with van der Waals surface area (Å²) in [5.41, 5.74) is 14.7. The third-order valence-corrected chi connectivity index (χ3v) is 9.70. The smallest absolute Gasteiger partial charge is 0.146 e. The maximum absolute atomic E-state index is 13.0. The van der Waals surface area contributed by atoms with Crippen LogP contribution in [0.1, 0.15) is 65.2 Å². The Kier molecular flexibility index (Phi) is 9.44. The van der Waals surface area contributed by atoms with Gasteiger partial charge in [0.2, 0.25) is 0 Å². The molecule has 0 saturated carbocycles. The highest BCUT2D eigenvalue weighted by Gasteiger charge is 2.29. The molecule has 6 aromatic carbocycles. The average Bonchev–Trinajstić information content (AvgIpc) is 3.51. The minimum absolute atomic E-state index is 0.00966. The summed E-state index contributed by atoms with van der Waals surface area (Å²) in [6, 6.07) is 42.8. The molecule has 266 valence electrons. The van der Waals surface area contributed by atoms with Crippen LogP contribution in [0, 0.1) is 0 Å². The summed E-state index contributed by atoms with van der Waals surface area (Å²) >= 11 is 0. The highest BCUT2D eigenvalue weighted by atomic mass is 16.6. The number of fused-ring (bicyclic) bond motifs is 7. The van der Waals surface area contributed by atoms with Gasteiger partial charge in [-0.1, -0.05) is 84.9 Å². The van der Waals surface area contributed by atoms with E-state index in [0.717, 1.165) is 39.5 Å². The molecule has 2 unspecified atom stereocenters. The summed E-state index contributed by atoms with van der Waals surface area (Å²) in [6.45, 7) is 5.33. The highest BCUT2D eigenvalue weighted by molar-refractivity contribution is 5.79. The van der Waals surface area contributed by atoms with Crippen molar-refractivity contribution in [3.05, 3.63) is 167 Å². The molecule has 53 heavy (non-hydrogen) atoms. The lowest BCUT2D eigenvalue weighted by Gasteiger charge is -2.28. The van der Waals surface area contributed by atoms with Gasteiger partial charge in [-0.2, -0.15) is 0 Å².